The van der Waals surface area contributed by atoms with Crippen LogP contribution in [0.2, 0.25) is 0 Å². The number of phenols is 3. The molecule has 7 heteroatoms. The lowest BCUT2D eigenvalue weighted by atomic mass is 9.97. The first-order valence-corrected chi connectivity index (χ1v) is 10.1. The zero-order chi connectivity index (χ0) is 22.9. The van der Waals surface area contributed by atoms with E-state index < -0.39 is 11.0 Å². The number of ether oxygens (including phenoxy) is 1. The van der Waals surface area contributed by atoms with Crippen LogP contribution in [0, 0.1) is 0 Å². The van der Waals surface area contributed by atoms with Crippen LogP contribution >= 0.6 is 0 Å². The van der Waals surface area contributed by atoms with Crippen molar-refractivity contribution in [1.82, 2.24) is 0 Å². The summed E-state index contributed by atoms with van der Waals surface area (Å²) in [5.74, 6) is -0.639. The summed E-state index contributed by atoms with van der Waals surface area (Å²) in [4.78, 5) is 13.3. The average molecular weight is 428 g/mol. The normalized spacial score (nSPS) is 12.6. The molecule has 0 spiro atoms. The average Bonchev–Trinajstić information content (AvgIpc) is 2.64. The molecule has 0 radical (unpaired) electrons. The minimum Gasteiger partial charge on any atom is -0.508 e. The van der Waals surface area contributed by atoms with E-state index in [1.54, 1.807) is 13.8 Å². The molecule has 0 bridgehead atoms. The molecule has 0 saturated heterocycles. The Morgan fingerprint density at radius 1 is 1.10 bits per heavy atom. The number of benzene rings is 2. The topological polar surface area (TPSA) is 120 Å². The van der Waals surface area contributed by atoms with Crippen molar-refractivity contribution in [2.24, 2.45) is 0 Å². The van der Waals surface area contributed by atoms with Gasteiger partial charge < -0.3 is 29.6 Å². The van der Waals surface area contributed by atoms with Crippen LogP contribution in [0.15, 0.2) is 39.1 Å². The number of hydrogen-bond acceptors (Lipinski definition) is 7. The van der Waals surface area contributed by atoms with Gasteiger partial charge in [0.1, 0.15) is 28.1 Å². The summed E-state index contributed by atoms with van der Waals surface area (Å²) >= 11 is 0. The molecule has 7 nitrogen and oxygen atoms in total. The van der Waals surface area contributed by atoms with Gasteiger partial charge >= 0.3 is 0 Å². The van der Waals surface area contributed by atoms with Crippen molar-refractivity contribution < 1.29 is 29.6 Å². The number of phenolic OH excluding ortho intramolecular Hbond substituents is 3. The summed E-state index contributed by atoms with van der Waals surface area (Å²) in [6, 6.07) is 3.61. The van der Waals surface area contributed by atoms with Crippen LogP contribution in [0.5, 0.6) is 23.0 Å². The highest BCUT2D eigenvalue weighted by Crippen LogP contribution is 2.39. The van der Waals surface area contributed by atoms with Crippen LogP contribution in [-0.4, -0.2) is 33.1 Å². The van der Waals surface area contributed by atoms with Crippen molar-refractivity contribution in [2.45, 2.75) is 52.1 Å². The van der Waals surface area contributed by atoms with Gasteiger partial charge in [-0.1, -0.05) is 11.6 Å². The number of hydrogen-bond donors (Lipinski definition) is 4. The standard InChI is InChI=1S/C24H28O7/c1-13(6-5-9-24(2,3)29)7-8-15-20-19(12-17(27)23(15)30-4)31-18-11-14(25)10-16(26)21(18)22(20)28/h7,10-12,25-27,29H,5-6,8-9H2,1-4H3/b13-7+. The van der Waals surface area contributed by atoms with Crippen molar-refractivity contribution in [1.29, 1.82) is 0 Å². The first-order valence-electron chi connectivity index (χ1n) is 10.1. The monoisotopic (exact) mass is 428 g/mol. The van der Waals surface area contributed by atoms with Gasteiger partial charge in [0, 0.05) is 23.8 Å². The first-order chi connectivity index (χ1) is 14.5. The lowest BCUT2D eigenvalue weighted by molar-refractivity contribution is 0.0689. The highest BCUT2D eigenvalue weighted by Gasteiger charge is 2.21. The second-order valence-corrected chi connectivity index (χ2v) is 8.47. The highest BCUT2D eigenvalue weighted by atomic mass is 16.5. The van der Waals surface area contributed by atoms with Crippen LogP contribution in [0.3, 0.4) is 0 Å². The van der Waals surface area contributed by atoms with Crippen molar-refractivity contribution in [2.75, 3.05) is 7.11 Å². The number of aliphatic hydroxyl groups is 1. The Morgan fingerprint density at radius 2 is 1.77 bits per heavy atom. The lowest BCUT2D eigenvalue weighted by Crippen LogP contribution is -2.17. The fraction of sp³-hybridized carbons (Fsp3) is 0.375. The zero-order valence-electron chi connectivity index (χ0n) is 18.2. The zero-order valence-corrected chi connectivity index (χ0v) is 18.2. The van der Waals surface area contributed by atoms with Crippen LogP contribution < -0.4 is 10.2 Å². The lowest BCUT2D eigenvalue weighted by Gasteiger charge is -2.16. The Bertz CT molecular complexity index is 1210. The van der Waals surface area contributed by atoms with Gasteiger partial charge in [-0.25, -0.2) is 0 Å². The Kier molecular flexibility index (Phi) is 6.18. The summed E-state index contributed by atoms with van der Waals surface area (Å²) in [5, 5.41) is 40.4. The molecule has 3 rings (SSSR count). The van der Waals surface area contributed by atoms with E-state index in [1.807, 2.05) is 13.0 Å². The molecular formula is C24H28O7. The Labute approximate surface area is 179 Å². The van der Waals surface area contributed by atoms with Gasteiger partial charge in [-0.3, -0.25) is 4.79 Å². The second-order valence-electron chi connectivity index (χ2n) is 8.47. The Hall–Kier alpha value is -3.19. The predicted octanol–water partition coefficient (Wildman–Crippen LogP) is 4.50. The minimum atomic E-state index is -0.721. The number of allylic oxidation sites excluding steroid dienone is 2. The number of methoxy groups -OCH3 is 1. The maximum atomic E-state index is 13.3. The summed E-state index contributed by atoms with van der Waals surface area (Å²) in [5.41, 5.74) is 0.465. The van der Waals surface area contributed by atoms with Crippen molar-refractivity contribution >= 4 is 21.9 Å². The molecular weight excluding hydrogens is 400 g/mol. The molecule has 0 aliphatic carbocycles. The van der Waals surface area contributed by atoms with Crippen LogP contribution in [0.1, 0.15) is 45.6 Å². The van der Waals surface area contributed by atoms with E-state index in [-0.39, 0.29) is 44.9 Å². The van der Waals surface area contributed by atoms with Gasteiger partial charge in [0.25, 0.3) is 0 Å². The molecule has 0 amide bonds. The fourth-order valence-electron chi connectivity index (χ4n) is 3.75. The smallest absolute Gasteiger partial charge is 0.204 e. The SMILES string of the molecule is COc1c(O)cc2oc3cc(O)cc(O)c3c(=O)c2c1C/C=C(\C)CCCC(C)(C)O. The van der Waals surface area contributed by atoms with E-state index in [0.717, 1.165) is 24.5 Å². The van der Waals surface area contributed by atoms with E-state index in [0.29, 0.717) is 18.4 Å². The molecule has 0 fully saturated rings. The Morgan fingerprint density at radius 3 is 2.42 bits per heavy atom. The predicted molar refractivity (Wildman–Crippen MR) is 119 cm³/mol. The summed E-state index contributed by atoms with van der Waals surface area (Å²) in [6.07, 6.45) is 4.51. The molecule has 4 N–H and O–H groups in total. The largest absolute Gasteiger partial charge is 0.508 e. The van der Waals surface area contributed by atoms with Gasteiger partial charge in [-0.2, -0.15) is 0 Å². The van der Waals surface area contributed by atoms with E-state index >= 15 is 0 Å². The van der Waals surface area contributed by atoms with Crippen LogP contribution in [0.25, 0.3) is 21.9 Å². The van der Waals surface area contributed by atoms with Crippen molar-refractivity contribution in [3.05, 3.63) is 45.6 Å². The maximum absolute atomic E-state index is 13.3. The minimum absolute atomic E-state index is 0.0175. The molecule has 1 aromatic heterocycles. The molecule has 166 valence electrons. The molecule has 0 saturated carbocycles. The van der Waals surface area contributed by atoms with Gasteiger partial charge in [0.05, 0.1) is 18.1 Å². The third-order valence-electron chi connectivity index (χ3n) is 5.28. The molecule has 31 heavy (non-hydrogen) atoms. The molecule has 2 aromatic carbocycles. The number of fused-ring (bicyclic) bond motifs is 2. The molecule has 1 heterocycles. The molecule has 3 aromatic rings. The quantitative estimate of drug-likeness (QED) is 0.323. The Balaban J connectivity index is 2.12. The van der Waals surface area contributed by atoms with Crippen molar-refractivity contribution in [3.63, 3.8) is 0 Å². The van der Waals surface area contributed by atoms with Gasteiger partial charge in [0.2, 0.25) is 5.43 Å². The van der Waals surface area contributed by atoms with Gasteiger partial charge in [0.15, 0.2) is 11.5 Å². The van der Waals surface area contributed by atoms with Crippen LogP contribution in [-0.2, 0) is 6.42 Å². The van der Waals surface area contributed by atoms with Gasteiger partial charge in [-0.15, -0.1) is 0 Å². The molecule has 0 atom stereocenters. The van der Waals surface area contributed by atoms with E-state index in [1.165, 1.54) is 19.2 Å². The number of aromatic hydroxyl groups is 3. The molecule has 0 aliphatic rings. The maximum Gasteiger partial charge on any atom is 0.204 e. The number of rotatable bonds is 7. The summed E-state index contributed by atoms with van der Waals surface area (Å²) in [6.45, 7) is 5.51. The molecule has 0 aliphatic heterocycles. The van der Waals surface area contributed by atoms with E-state index in [2.05, 4.69) is 0 Å². The highest BCUT2D eigenvalue weighted by molar-refractivity contribution is 5.96. The first kappa shape index (κ1) is 22.5. The van der Waals surface area contributed by atoms with E-state index in [4.69, 9.17) is 9.15 Å². The van der Waals surface area contributed by atoms with Crippen LogP contribution in [0.4, 0.5) is 0 Å². The van der Waals surface area contributed by atoms with Crippen molar-refractivity contribution in [3.8, 4) is 23.0 Å². The third-order valence-corrected chi connectivity index (χ3v) is 5.28. The summed E-state index contributed by atoms with van der Waals surface area (Å²) in [7, 11) is 1.41. The van der Waals surface area contributed by atoms with E-state index in [9.17, 15) is 25.2 Å². The second kappa shape index (κ2) is 8.51. The summed E-state index contributed by atoms with van der Waals surface area (Å²) < 4.78 is 11.1. The molecule has 0 unspecified atom stereocenters. The fourth-order valence-corrected chi connectivity index (χ4v) is 3.75. The third kappa shape index (κ3) is 4.77. The van der Waals surface area contributed by atoms with Gasteiger partial charge in [-0.05, 0) is 46.5 Å².